The second-order valence-electron chi connectivity index (χ2n) is 5.90. The Kier molecular flexibility index (Phi) is 5.28. The molecular formula is C16H25BrN2. The third-order valence-electron chi connectivity index (χ3n) is 3.82. The summed E-state index contributed by atoms with van der Waals surface area (Å²) >= 11 is 3.61. The Labute approximate surface area is 125 Å². The van der Waals surface area contributed by atoms with Gasteiger partial charge in [-0.2, -0.15) is 0 Å². The number of rotatable bonds is 4. The van der Waals surface area contributed by atoms with Gasteiger partial charge >= 0.3 is 0 Å². The minimum absolute atomic E-state index is 0.787. The molecule has 2 rings (SSSR count). The highest BCUT2D eigenvalue weighted by atomic mass is 79.9. The third-order valence-corrected chi connectivity index (χ3v) is 4.32. The molecule has 1 N–H and O–H groups in total. The smallest absolute Gasteiger partial charge is 0.0423 e. The van der Waals surface area contributed by atoms with E-state index in [4.69, 9.17) is 0 Å². The molecule has 0 saturated carbocycles. The van der Waals surface area contributed by atoms with Crippen LogP contribution in [0.5, 0.6) is 0 Å². The fourth-order valence-corrected chi connectivity index (χ4v) is 3.45. The topological polar surface area (TPSA) is 15.3 Å². The molecule has 0 aliphatic carbocycles. The molecule has 0 amide bonds. The van der Waals surface area contributed by atoms with Crippen molar-refractivity contribution in [1.29, 1.82) is 0 Å². The molecule has 2 atom stereocenters. The molecule has 1 heterocycles. The van der Waals surface area contributed by atoms with Gasteiger partial charge in [-0.05, 0) is 42.5 Å². The van der Waals surface area contributed by atoms with E-state index in [1.54, 1.807) is 0 Å². The number of piperidine rings is 1. The Morgan fingerprint density at radius 1 is 1.26 bits per heavy atom. The molecule has 1 aliphatic rings. The summed E-state index contributed by atoms with van der Waals surface area (Å²) in [7, 11) is 0. The quantitative estimate of drug-likeness (QED) is 0.899. The molecule has 2 nitrogen and oxygen atoms in total. The molecule has 19 heavy (non-hydrogen) atoms. The highest BCUT2D eigenvalue weighted by Crippen LogP contribution is 2.31. The molecule has 2 unspecified atom stereocenters. The largest absolute Gasteiger partial charge is 0.371 e. The van der Waals surface area contributed by atoms with Crippen molar-refractivity contribution in [2.75, 3.05) is 24.5 Å². The van der Waals surface area contributed by atoms with Crippen LogP contribution in [0.1, 0.15) is 32.8 Å². The van der Waals surface area contributed by atoms with E-state index < -0.39 is 0 Å². The molecule has 106 valence electrons. The predicted octanol–water partition coefficient (Wildman–Crippen LogP) is 4.04. The van der Waals surface area contributed by atoms with Crippen LogP contribution in [0.4, 0.5) is 5.69 Å². The van der Waals surface area contributed by atoms with Gasteiger partial charge in [0.25, 0.3) is 0 Å². The Morgan fingerprint density at radius 2 is 1.95 bits per heavy atom. The second-order valence-corrected chi connectivity index (χ2v) is 6.82. The summed E-state index contributed by atoms with van der Waals surface area (Å²) in [4.78, 5) is 2.57. The monoisotopic (exact) mass is 324 g/mol. The Bertz CT molecular complexity index is 409. The van der Waals surface area contributed by atoms with E-state index >= 15 is 0 Å². The molecule has 1 aromatic rings. The van der Waals surface area contributed by atoms with Gasteiger partial charge in [-0.3, -0.25) is 0 Å². The van der Waals surface area contributed by atoms with Crippen molar-refractivity contribution in [3.63, 3.8) is 0 Å². The van der Waals surface area contributed by atoms with Crippen molar-refractivity contribution in [3.8, 4) is 0 Å². The van der Waals surface area contributed by atoms with Crippen LogP contribution in [-0.4, -0.2) is 19.6 Å². The van der Waals surface area contributed by atoms with Gasteiger partial charge in [-0.1, -0.05) is 42.8 Å². The molecule has 3 heteroatoms. The molecule has 1 fully saturated rings. The van der Waals surface area contributed by atoms with Crippen LogP contribution in [0.15, 0.2) is 22.7 Å². The van der Waals surface area contributed by atoms with E-state index in [1.165, 1.54) is 35.2 Å². The molecule has 0 bridgehead atoms. The van der Waals surface area contributed by atoms with Gasteiger partial charge in [-0.15, -0.1) is 0 Å². The zero-order valence-electron chi connectivity index (χ0n) is 12.2. The first-order valence-electron chi connectivity index (χ1n) is 7.34. The fourth-order valence-electron chi connectivity index (χ4n) is 3.10. The average molecular weight is 325 g/mol. The molecule has 1 aliphatic heterocycles. The molecule has 0 radical (unpaired) electrons. The van der Waals surface area contributed by atoms with Crippen molar-refractivity contribution in [1.82, 2.24) is 5.32 Å². The van der Waals surface area contributed by atoms with Gasteiger partial charge in [-0.25, -0.2) is 0 Å². The maximum Gasteiger partial charge on any atom is 0.0423 e. The number of nitrogens with zero attached hydrogens (tertiary/aromatic N) is 1. The average Bonchev–Trinajstić information content (AvgIpc) is 2.36. The maximum atomic E-state index is 3.61. The van der Waals surface area contributed by atoms with Crippen molar-refractivity contribution >= 4 is 21.6 Å². The molecular weight excluding hydrogens is 300 g/mol. The lowest BCUT2D eigenvalue weighted by Crippen LogP contribution is -2.39. The van der Waals surface area contributed by atoms with Crippen LogP contribution in [0.25, 0.3) is 0 Å². The lowest BCUT2D eigenvalue weighted by Gasteiger charge is -2.37. The van der Waals surface area contributed by atoms with Crippen molar-refractivity contribution < 1.29 is 0 Å². The zero-order chi connectivity index (χ0) is 13.8. The maximum absolute atomic E-state index is 3.61. The molecule has 1 saturated heterocycles. The second kappa shape index (κ2) is 6.76. The summed E-state index contributed by atoms with van der Waals surface area (Å²) in [6, 6.07) is 6.66. The molecule has 1 aromatic carbocycles. The van der Waals surface area contributed by atoms with E-state index in [1.807, 2.05) is 0 Å². The standard InChI is InChI=1S/C16H25BrN2/c1-4-18-9-14-5-6-15(17)8-16(14)19-10-12(2)7-13(3)11-19/h5-6,8,12-13,18H,4,7,9-11H2,1-3H3. The van der Waals surface area contributed by atoms with E-state index in [0.717, 1.165) is 24.9 Å². The number of nitrogens with one attached hydrogen (secondary N) is 1. The van der Waals surface area contributed by atoms with Crippen LogP contribution in [0.3, 0.4) is 0 Å². The zero-order valence-corrected chi connectivity index (χ0v) is 13.8. The van der Waals surface area contributed by atoms with Crippen LogP contribution >= 0.6 is 15.9 Å². The lowest BCUT2D eigenvalue weighted by molar-refractivity contribution is 0.356. The Morgan fingerprint density at radius 3 is 2.58 bits per heavy atom. The first-order valence-corrected chi connectivity index (χ1v) is 8.13. The first kappa shape index (κ1) is 14.9. The summed E-state index contributed by atoms with van der Waals surface area (Å²) in [5.74, 6) is 1.57. The summed E-state index contributed by atoms with van der Waals surface area (Å²) in [5, 5.41) is 3.44. The molecule has 0 spiro atoms. The van der Waals surface area contributed by atoms with Crippen LogP contribution < -0.4 is 10.2 Å². The van der Waals surface area contributed by atoms with Crippen molar-refractivity contribution in [2.24, 2.45) is 11.8 Å². The first-order chi connectivity index (χ1) is 9.10. The number of hydrogen-bond donors (Lipinski definition) is 1. The summed E-state index contributed by atoms with van der Waals surface area (Å²) in [6.07, 6.45) is 1.35. The number of benzene rings is 1. The lowest BCUT2D eigenvalue weighted by atomic mass is 9.91. The minimum Gasteiger partial charge on any atom is -0.371 e. The van der Waals surface area contributed by atoms with E-state index in [9.17, 15) is 0 Å². The van der Waals surface area contributed by atoms with Gasteiger partial charge in [0.05, 0.1) is 0 Å². The third kappa shape index (κ3) is 3.96. The van der Waals surface area contributed by atoms with Crippen LogP contribution in [0.2, 0.25) is 0 Å². The van der Waals surface area contributed by atoms with Crippen molar-refractivity contribution in [2.45, 2.75) is 33.7 Å². The Balaban J connectivity index is 2.23. The number of anilines is 1. The van der Waals surface area contributed by atoms with Gasteiger partial charge in [0.1, 0.15) is 0 Å². The summed E-state index contributed by atoms with van der Waals surface area (Å²) < 4.78 is 1.17. The summed E-state index contributed by atoms with van der Waals surface area (Å²) in [5.41, 5.74) is 2.81. The van der Waals surface area contributed by atoms with Gasteiger partial charge in [0.15, 0.2) is 0 Å². The fraction of sp³-hybridized carbons (Fsp3) is 0.625. The predicted molar refractivity (Wildman–Crippen MR) is 86.7 cm³/mol. The van der Waals surface area contributed by atoms with E-state index in [0.29, 0.717) is 0 Å². The summed E-state index contributed by atoms with van der Waals surface area (Å²) in [6.45, 7) is 11.2. The molecule has 0 aromatic heterocycles. The highest BCUT2D eigenvalue weighted by molar-refractivity contribution is 9.10. The number of halogens is 1. The highest BCUT2D eigenvalue weighted by Gasteiger charge is 2.23. The van der Waals surface area contributed by atoms with Crippen LogP contribution in [-0.2, 0) is 6.54 Å². The van der Waals surface area contributed by atoms with Crippen LogP contribution in [0, 0.1) is 11.8 Å². The van der Waals surface area contributed by atoms with E-state index in [-0.39, 0.29) is 0 Å². The number of hydrogen-bond acceptors (Lipinski definition) is 2. The Hall–Kier alpha value is -0.540. The SMILES string of the molecule is CCNCc1ccc(Br)cc1N1CC(C)CC(C)C1. The van der Waals surface area contributed by atoms with Crippen molar-refractivity contribution in [3.05, 3.63) is 28.2 Å². The van der Waals surface area contributed by atoms with E-state index in [2.05, 4.69) is 65.1 Å². The van der Waals surface area contributed by atoms with Gasteiger partial charge in [0.2, 0.25) is 0 Å². The minimum atomic E-state index is 0.787. The normalized spacial score (nSPS) is 23.7. The van der Waals surface area contributed by atoms with Gasteiger partial charge < -0.3 is 10.2 Å². The van der Waals surface area contributed by atoms with Gasteiger partial charge in [0, 0.05) is 29.8 Å².